The van der Waals surface area contributed by atoms with Crippen molar-refractivity contribution in [2.45, 2.75) is 0 Å². The summed E-state index contributed by atoms with van der Waals surface area (Å²) in [6, 6.07) is 0. The standard InChI is InChI=1S/2C2H2.Pb/c2*1-2;/h2*1-2H;. The average Bonchev–Trinajstić information content (AvgIpc) is 1.50. The van der Waals surface area contributed by atoms with Gasteiger partial charge in [-0.05, 0) is 0 Å². The molecule has 0 bridgehead atoms. The first-order valence-corrected chi connectivity index (χ1v) is 0.667. The van der Waals surface area contributed by atoms with E-state index in [0.29, 0.717) is 0 Å². The van der Waals surface area contributed by atoms with Crippen LogP contribution in [0.5, 0.6) is 0 Å². The van der Waals surface area contributed by atoms with E-state index in [1.165, 1.54) is 0 Å². The van der Waals surface area contributed by atoms with E-state index in [1.807, 2.05) is 0 Å². The maximum Gasteiger partial charge on any atom is 0 e. The fraction of sp³-hybridized carbons (Fsp3) is 0. The molecule has 0 saturated heterocycles. The van der Waals surface area contributed by atoms with Gasteiger partial charge < -0.3 is 0 Å². The summed E-state index contributed by atoms with van der Waals surface area (Å²) in [5.74, 6) is 0. The Hall–Kier alpha value is 0.0421. The van der Waals surface area contributed by atoms with Crippen LogP contribution >= 0.6 is 0 Å². The average molecular weight is 259 g/mol. The summed E-state index contributed by atoms with van der Waals surface area (Å²) >= 11 is 0. The Labute approximate surface area is 53.1 Å². The van der Waals surface area contributed by atoms with Gasteiger partial charge in [0, 0.05) is 27.3 Å². The van der Waals surface area contributed by atoms with Gasteiger partial charge in [0.25, 0.3) is 0 Å². The van der Waals surface area contributed by atoms with Gasteiger partial charge in [0.1, 0.15) is 0 Å². The second-order valence-corrected chi connectivity index (χ2v) is 0. The minimum Gasteiger partial charge on any atom is -0.124 e. The molecular weight excluding hydrogens is 255 g/mol. The van der Waals surface area contributed by atoms with Crippen LogP contribution in [-0.2, 0) is 0 Å². The molecule has 0 aliphatic carbocycles. The molecule has 1 heteroatoms. The molecular formula is C4H4Pb. The summed E-state index contributed by atoms with van der Waals surface area (Å²) in [4.78, 5) is 0. The van der Waals surface area contributed by atoms with Crippen molar-refractivity contribution >= 4 is 27.3 Å². The van der Waals surface area contributed by atoms with Crippen LogP contribution in [0.15, 0.2) is 0 Å². The largest absolute Gasteiger partial charge is 0.124 e. The van der Waals surface area contributed by atoms with Crippen molar-refractivity contribution < 1.29 is 0 Å². The van der Waals surface area contributed by atoms with Crippen molar-refractivity contribution in [2.24, 2.45) is 0 Å². The van der Waals surface area contributed by atoms with E-state index in [9.17, 15) is 0 Å². The molecule has 0 aromatic rings. The minimum atomic E-state index is 0. The molecule has 0 rings (SSSR count). The summed E-state index contributed by atoms with van der Waals surface area (Å²) < 4.78 is 0. The van der Waals surface area contributed by atoms with Gasteiger partial charge in [0.2, 0.25) is 0 Å². The SMILES string of the molecule is C#C.C#C.[Pb]. The Kier molecular flexibility index (Phi) is 83500. The van der Waals surface area contributed by atoms with Gasteiger partial charge in [-0.1, -0.05) is 0 Å². The van der Waals surface area contributed by atoms with Gasteiger partial charge in [-0.25, -0.2) is 0 Å². The quantitative estimate of drug-likeness (QED) is 0.428. The Bertz CT molecular complexity index is 19.1. The Balaban J connectivity index is -0.0000000133. The predicted octanol–water partition coefficient (Wildman–Crippen LogP) is 0.118. The van der Waals surface area contributed by atoms with Crippen LogP contribution in [0.4, 0.5) is 0 Å². The van der Waals surface area contributed by atoms with E-state index in [-0.39, 0.29) is 27.3 Å². The van der Waals surface area contributed by atoms with Gasteiger partial charge in [0.05, 0.1) is 0 Å². The molecule has 0 spiro atoms. The smallest absolute Gasteiger partial charge is 0 e. The molecule has 5 heavy (non-hydrogen) atoms. The zero-order chi connectivity index (χ0) is 4.00. The number of hydrogen-bond donors (Lipinski definition) is 0. The van der Waals surface area contributed by atoms with E-state index in [1.54, 1.807) is 0 Å². The molecule has 0 atom stereocenters. The first-order valence-electron chi connectivity index (χ1n) is 0.667. The van der Waals surface area contributed by atoms with Crippen LogP contribution in [-0.4, -0.2) is 27.3 Å². The van der Waals surface area contributed by atoms with Crippen LogP contribution in [0.3, 0.4) is 0 Å². The van der Waals surface area contributed by atoms with Crippen molar-refractivity contribution in [3.8, 4) is 25.7 Å². The molecule has 0 fully saturated rings. The van der Waals surface area contributed by atoms with Crippen LogP contribution in [0.2, 0.25) is 0 Å². The molecule has 0 nitrogen and oxygen atoms in total. The second kappa shape index (κ2) is 21100. The Morgan fingerprint density at radius 2 is 0.600 bits per heavy atom. The molecule has 4 radical (unpaired) electrons. The second-order valence-electron chi connectivity index (χ2n) is 0. The van der Waals surface area contributed by atoms with E-state index in [2.05, 4.69) is 25.7 Å². The van der Waals surface area contributed by atoms with Gasteiger partial charge in [-0.3, -0.25) is 0 Å². The summed E-state index contributed by atoms with van der Waals surface area (Å²) in [5, 5.41) is 0. The molecule has 0 aliphatic heterocycles. The molecule has 0 unspecified atom stereocenters. The molecule has 0 aromatic heterocycles. The van der Waals surface area contributed by atoms with Crippen molar-refractivity contribution in [2.75, 3.05) is 0 Å². The van der Waals surface area contributed by atoms with Crippen molar-refractivity contribution in [3.63, 3.8) is 0 Å². The third-order valence-corrected chi connectivity index (χ3v) is 0. The van der Waals surface area contributed by atoms with E-state index in [0.717, 1.165) is 0 Å². The zero-order valence-corrected chi connectivity index (χ0v) is 6.70. The minimum absolute atomic E-state index is 0. The third-order valence-electron chi connectivity index (χ3n) is 0. The number of terminal acetylenes is 2. The topological polar surface area (TPSA) is 0 Å². The fourth-order valence-electron chi connectivity index (χ4n) is 0. The fourth-order valence-corrected chi connectivity index (χ4v) is 0. The molecule has 0 N–H and O–H groups in total. The van der Waals surface area contributed by atoms with Gasteiger partial charge in [-0.15, -0.1) is 25.7 Å². The monoisotopic (exact) mass is 260 g/mol. The maximum atomic E-state index is 4.00. The van der Waals surface area contributed by atoms with Crippen molar-refractivity contribution in [1.82, 2.24) is 0 Å². The van der Waals surface area contributed by atoms with Crippen molar-refractivity contribution in [1.29, 1.82) is 0 Å². The van der Waals surface area contributed by atoms with Crippen LogP contribution in [0.25, 0.3) is 0 Å². The molecule has 0 aliphatic rings. The molecule has 0 heterocycles. The first kappa shape index (κ1) is 19.8. The summed E-state index contributed by atoms with van der Waals surface area (Å²) in [6.45, 7) is 0. The summed E-state index contributed by atoms with van der Waals surface area (Å²) in [6.07, 6.45) is 16.0. The maximum absolute atomic E-state index is 4.00. The van der Waals surface area contributed by atoms with E-state index >= 15 is 0 Å². The molecule has 0 saturated carbocycles. The van der Waals surface area contributed by atoms with E-state index in [4.69, 9.17) is 0 Å². The number of hydrogen-bond acceptors (Lipinski definition) is 0. The Morgan fingerprint density at radius 1 is 0.600 bits per heavy atom. The molecule has 0 aromatic carbocycles. The molecule has 24 valence electrons. The normalized spacial score (nSPS) is 0.800. The van der Waals surface area contributed by atoms with Gasteiger partial charge in [0.15, 0.2) is 0 Å². The molecule has 0 amide bonds. The first-order chi connectivity index (χ1) is 2.00. The number of rotatable bonds is 0. The van der Waals surface area contributed by atoms with Crippen LogP contribution in [0, 0.1) is 25.7 Å². The third kappa shape index (κ3) is 9520. The van der Waals surface area contributed by atoms with Gasteiger partial charge in [-0.2, -0.15) is 0 Å². The van der Waals surface area contributed by atoms with Gasteiger partial charge >= 0.3 is 0 Å². The van der Waals surface area contributed by atoms with Crippen molar-refractivity contribution in [3.05, 3.63) is 0 Å². The van der Waals surface area contributed by atoms with Crippen LogP contribution in [0.1, 0.15) is 0 Å². The predicted molar refractivity (Wildman–Crippen MR) is 25.5 cm³/mol. The summed E-state index contributed by atoms with van der Waals surface area (Å²) in [7, 11) is 0. The van der Waals surface area contributed by atoms with Crippen LogP contribution < -0.4 is 0 Å². The Morgan fingerprint density at radius 3 is 0.600 bits per heavy atom. The summed E-state index contributed by atoms with van der Waals surface area (Å²) in [5.41, 5.74) is 0. The zero-order valence-electron chi connectivity index (χ0n) is 2.81. The van der Waals surface area contributed by atoms with E-state index < -0.39 is 0 Å².